The number of fused-ring (bicyclic) bond motifs is 1. The van der Waals surface area contributed by atoms with Gasteiger partial charge in [-0.1, -0.05) is 30.3 Å². The molecule has 0 N–H and O–H groups in total. The molecule has 1 fully saturated rings. The average Bonchev–Trinajstić information content (AvgIpc) is 3.20. The molecule has 5 rings (SSSR count). The van der Waals surface area contributed by atoms with Crippen LogP contribution < -0.4 is 4.74 Å². The van der Waals surface area contributed by atoms with E-state index in [9.17, 15) is 4.79 Å². The lowest BCUT2D eigenvalue weighted by Gasteiger charge is -2.34. The van der Waals surface area contributed by atoms with Gasteiger partial charge in [0.25, 0.3) is 5.91 Å². The van der Waals surface area contributed by atoms with Crippen molar-refractivity contribution in [2.45, 2.75) is 33.2 Å². The number of aryl methyl sites for hydroxylation is 2. The third kappa shape index (κ3) is 5.90. The Bertz CT molecular complexity index is 1370. The standard InChI is InChI=1S/C32H36ClN3O2/c1-24-25(2)36(17-6-16-33)31-14-13-29(23-30(24)31)38-28-11-9-27(10-12-28)32(37)35-21-19-34(20-22-35)18-15-26-7-4-3-5-8-26/h3-5,7-14,23H,6,15-22H2,1-2H3. The molecule has 0 spiro atoms. The van der Waals surface area contributed by atoms with Gasteiger partial charge in [-0.05, 0) is 80.3 Å². The topological polar surface area (TPSA) is 37.7 Å². The summed E-state index contributed by atoms with van der Waals surface area (Å²) >= 11 is 5.93. The van der Waals surface area contributed by atoms with Gasteiger partial charge in [-0.3, -0.25) is 9.69 Å². The van der Waals surface area contributed by atoms with E-state index < -0.39 is 0 Å². The van der Waals surface area contributed by atoms with Crippen LogP contribution in [0.2, 0.25) is 0 Å². The number of benzene rings is 3. The zero-order valence-corrected chi connectivity index (χ0v) is 23.1. The smallest absolute Gasteiger partial charge is 0.253 e. The highest BCUT2D eigenvalue weighted by Gasteiger charge is 2.22. The van der Waals surface area contributed by atoms with Crippen LogP contribution in [0.3, 0.4) is 0 Å². The Hall–Kier alpha value is -3.28. The number of carbonyl (C=O) groups is 1. The molecule has 1 aliphatic rings. The predicted molar refractivity (Wildman–Crippen MR) is 156 cm³/mol. The molecule has 6 heteroatoms. The van der Waals surface area contributed by atoms with Crippen LogP contribution in [0.1, 0.15) is 33.6 Å². The largest absolute Gasteiger partial charge is 0.457 e. The molecular weight excluding hydrogens is 494 g/mol. The van der Waals surface area contributed by atoms with Crippen molar-refractivity contribution in [2.75, 3.05) is 38.6 Å². The van der Waals surface area contributed by atoms with Crippen molar-refractivity contribution < 1.29 is 9.53 Å². The van der Waals surface area contributed by atoms with Crippen LogP contribution in [0.15, 0.2) is 72.8 Å². The molecule has 2 heterocycles. The summed E-state index contributed by atoms with van der Waals surface area (Å²) in [5, 5.41) is 1.20. The average molecular weight is 530 g/mol. The first-order valence-corrected chi connectivity index (χ1v) is 14.1. The van der Waals surface area contributed by atoms with Crippen LogP contribution in [-0.4, -0.2) is 58.9 Å². The highest BCUT2D eigenvalue weighted by Crippen LogP contribution is 2.31. The van der Waals surface area contributed by atoms with Gasteiger partial charge in [-0.15, -0.1) is 11.6 Å². The first kappa shape index (κ1) is 26.3. The van der Waals surface area contributed by atoms with Crippen molar-refractivity contribution in [3.63, 3.8) is 0 Å². The number of piperazine rings is 1. The second-order valence-corrected chi connectivity index (χ2v) is 10.5. The van der Waals surface area contributed by atoms with Crippen molar-refractivity contribution in [3.8, 4) is 11.5 Å². The van der Waals surface area contributed by atoms with Gasteiger partial charge in [-0.2, -0.15) is 0 Å². The molecule has 1 aromatic heterocycles. The van der Waals surface area contributed by atoms with Gasteiger partial charge in [0.05, 0.1) is 0 Å². The third-order valence-electron chi connectivity index (χ3n) is 7.68. The molecule has 0 atom stereocenters. The maximum Gasteiger partial charge on any atom is 0.253 e. The molecular formula is C32H36ClN3O2. The highest BCUT2D eigenvalue weighted by molar-refractivity contribution is 6.17. The van der Waals surface area contributed by atoms with Gasteiger partial charge in [0.2, 0.25) is 0 Å². The number of aromatic nitrogens is 1. The Balaban J connectivity index is 1.17. The fourth-order valence-electron chi connectivity index (χ4n) is 5.29. The van der Waals surface area contributed by atoms with Crippen LogP contribution in [0.4, 0.5) is 0 Å². The van der Waals surface area contributed by atoms with Gasteiger partial charge in [0.15, 0.2) is 0 Å². The Morgan fingerprint density at radius 1 is 0.868 bits per heavy atom. The van der Waals surface area contributed by atoms with Crippen molar-refractivity contribution in [2.24, 2.45) is 0 Å². The molecule has 4 aromatic rings. The van der Waals surface area contributed by atoms with Crippen molar-refractivity contribution in [3.05, 3.63) is 95.2 Å². The molecule has 1 aliphatic heterocycles. The molecule has 1 amide bonds. The minimum Gasteiger partial charge on any atom is -0.457 e. The van der Waals surface area contributed by atoms with Crippen molar-refractivity contribution in [1.29, 1.82) is 0 Å². The fourth-order valence-corrected chi connectivity index (χ4v) is 5.41. The zero-order chi connectivity index (χ0) is 26.5. The summed E-state index contributed by atoms with van der Waals surface area (Å²) in [5.41, 5.74) is 5.80. The number of rotatable bonds is 9. The van der Waals surface area contributed by atoms with Crippen molar-refractivity contribution in [1.82, 2.24) is 14.4 Å². The molecule has 3 aromatic carbocycles. The first-order chi connectivity index (χ1) is 18.5. The lowest BCUT2D eigenvalue weighted by Crippen LogP contribution is -2.49. The van der Waals surface area contributed by atoms with E-state index in [2.05, 4.69) is 65.8 Å². The SMILES string of the molecule is Cc1c(C)n(CCCCl)c2ccc(Oc3ccc(C(=O)N4CCN(CCc5ccccc5)CC4)cc3)cc12. The van der Waals surface area contributed by atoms with Crippen LogP contribution in [0.5, 0.6) is 11.5 Å². The molecule has 0 radical (unpaired) electrons. The quantitative estimate of drug-likeness (QED) is 0.227. The molecule has 1 saturated heterocycles. The van der Waals surface area contributed by atoms with Gasteiger partial charge >= 0.3 is 0 Å². The summed E-state index contributed by atoms with van der Waals surface area (Å²) < 4.78 is 8.50. The summed E-state index contributed by atoms with van der Waals surface area (Å²) in [7, 11) is 0. The van der Waals surface area contributed by atoms with Gasteiger partial charge in [-0.25, -0.2) is 0 Å². The molecule has 0 bridgehead atoms. The number of halogens is 1. The lowest BCUT2D eigenvalue weighted by atomic mass is 10.1. The lowest BCUT2D eigenvalue weighted by molar-refractivity contribution is 0.0638. The predicted octanol–water partition coefficient (Wildman–Crippen LogP) is 6.68. The Morgan fingerprint density at radius 2 is 1.58 bits per heavy atom. The Labute approximate surface area is 230 Å². The fraction of sp³-hybridized carbons (Fsp3) is 0.344. The third-order valence-corrected chi connectivity index (χ3v) is 7.95. The summed E-state index contributed by atoms with van der Waals surface area (Å²) in [6.45, 7) is 9.60. The van der Waals surface area contributed by atoms with Gasteiger partial charge in [0, 0.05) is 67.3 Å². The van der Waals surface area contributed by atoms with Crippen LogP contribution >= 0.6 is 11.6 Å². The Kier molecular flexibility index (Phi) is 8.35. The normalized spacial score (nSPS) is 14.2. The van der Waals surface area contributed by atoms with E-state index >= 15 is 0 Å². The van der Waals surface area contributed by atoms with E-state index in [-0.39, 0.29) is 5.91 Å². The van der Waals surface area contributed by atoms with E-state index in [1.54, 1.807) is 0 Å². The molecule has 5 nitrogen and oxygen atoms in total. The van der Waals surface area contributed by atoms with E-state index in [4.69, 9.17) is 16.3 Å². The van der Waals surface area contributed by atoms with Gasteiger partial charge in [0.1, 0.15) is 11.5 Å². The second-order valence-electron chi connectivity index (χ2n) is 10.1. The maximum atomic E-state index is 13.1. The summed E-state index contributed by atoms with van der Waals surface area (Å²) in [4.78, 5) is 17.5. The van der Waals surface area contributed by atoms with E-state index in [0.29, 0.717) is 11.4 Å². The van der Waals surface area contributed by atoms with Gasteiger partial charge < -0.3 is 14.2 Å². The van der Waals surface area contributed by atoms with Crippen LogP contribution in [0, 0.1) is 13.8 Å². The number of hydrogen-bond acceptors (Lipinski definition) is 3. The molecule has 198 valence electrons. The number of alkyl halides is 1. The molecule has 0 saturated carbocycles. The highest BCUT2D eigenvalue weighted by atomic mass is 35.5. The Morgan fingerprint density at radius 3 is 2.29 bits per heavy atom. The maximum absolute atomic E-state index is 13.1. The second kappa shape index (κ2) is 12.1. The summed E-state index contributed by atoms with van der Waals surface area (Å²) in [6, 6.07) is 24.3. The number of amides is 1. The number of carbonyl (C=O) groups excluding carboxylic acids is 1. The summed E-state index contributed by atoms with van der Waals surface area (Å²) in [6.07, 6.45) is 1.99. The molecule has 0 aliphatic carbocycles. The zero-order valence-electron chi connectivity index (χ0n) is 22.3. The minimum atomic E-state index is 0.0880. The summed E-state index contributed by atoms with van der Waals surface area (Å²) in [5.74, 6) is 2.26. The molecule has 0 unspecified atom stereocenters. The van der Waals surface area contributed by atoms with E-state index in [1.165, 1.54) is 27.7 Å². The minimum absolute atomic E-state index is 0.0880. The first-order valence-electron chi connectivity index (χ1n) is 13.5. The molecule has 38 heavy (non-hydrogen) atoms. The van der Waals surface area contributed by atoms with Crippen LogP contribution in [0.25, 0.3) is 10.9 Å². The van der Waals surface area contributed by atoms with Crippen LogP contribution in [-0.2, 0) is 13.0 Å². The number of nitrogens with zero attached hydrogens (tertiary/aromatic N) is 3. The number of ether oxygens (including phenoxy) is 1. The van der Waals surface area contributed by atoms with Crippen molar-refractivity contribution >= 4 is 28.4 Å². The van der Waals surface area contributed by atoms with E-state index in [1.807, 2.05) is 35.2 Å². The van der Waals surface area contributed by atoms with E-state index in [0.717, 1.165) is 63.6 Å². The number of hydrogen-bond donors (Lipinski definition) is 0. The monoisotopic (exact) mass is 529 g/mol.